The summed E-state index contributed by atoms with van der Waals surface area (Å²) < 4.78 is 0. The molecule has 0 aromatic rings. The number of rotatable bonds is 13. The van der Waals surface area contributed by atoms with E-state index in [4.69, 9.17) is 0 Å². The number of carboxylic acid groups (broad SMARTS) is 1. The standard InChI is InChI=1S/C15H30O2.Rb/c1-2-3-4-5-6-7-8-9-10-11-12-13-14-15(16)17;/h2-14H2,1H3,(H,16,17);/q;+1/p-1. The molecule has 0 spiro atoms. The molecule has 0 amide bonds. The first-order valence-electron chi connectivity index (χ1n) is 7.47. The zero-order chi connectivity index (χ0) is 12.8. The van der Waals surface area contributed by atoms with Crippen molar-refractivity contribution in [3.05, 3.63) is 0 Å². The number of unbranched alkanes of at least 4 members (excludes halogenated alkanes) is 11. The van der Waals surface area contributed by atoms with Gasteiger partial charge in [0.15, 0.2) is 0 Å². The molecule has 0 heterocycles. The first kappa shape index (κ1) is 21.6. The van der Waals surface area contributed by atoms with Gasteiger partial charge in [-0.1, -0.05) is 77.6 Å². The van der Waals surface area contributed by atoms with Gasteiger partial charge in [-0.05, 0) is 12.8 Å². The van der Waals surface area contributed by atoms with Gasteiger partial charge in [0.2, 0.25) is 0 Å². The fourth-order valence-corrected chi connectivity index (χ4v) is 2.11. The summed E-state index contributed by atoms with van der Waals surface area (Å²) in [6.45, 7) is 2.25. The molecule has 0 aromatic carbocycles. The Morgan fingerprint density at radius 2 is 1.06 bits per heavy atom. The van der Waals surface area contributed by atoms with Crippen LogP contribution in [0.15, 0.2) is 0 Å². The van der Waals surface area contributed by atoms with E-state index < -0.39 is 5.97 Å². The van der Waals surface area contributed by atoms with Gasteiger partial charge in [-0.2, -0.15) is 0 Å². The average molecular weight is 327 g/mol. The predicted molar refractivity (Wildman–Crippen MR) is 70.7 cm³/mol. The van der Waals surface area contributed by atoms with E-state index in [1.807, 2.05) is 0 Å². The molecule has 0 aromatic heterocycles. The third-order valence-corrected chi connectivity index (χ3v) is 3.23. The van der Waals surface area contributed by atoms with Crippen LogP contribution in [0.2, 0.25) is 0 Å². The van der Waals surface area contributed by atoms with Gasteiger partial charge in [-0.15, -0.1) is 0 Å². The zero-order valence-electron chi connectivity index (χ0n) is 12.5. The summed E-state index contributed by atoms with van der Waals surface area (Å²) in [5.74, 6) is -0.905. The molecule has 0 bridgehead atoms. The summed E-state index contributed by atoms with van der Waals surface area (Å²) in [5, 5.41) is 10.2. The van der Waals surface area contributed by atoms with E-state index in [-0.39, 0.29) is 64.6 Å². The van der Waals surface area contributed by atoms with Gasteiger partial charge in [-0.25, -0.2) is 0 Å². The minimum absolute atomic E-state index is 0. The van der Waals surface area contributed by atoms with Crippen molar-refractivity contribution in [1.82, 2.24) is 0 Å². The van der Waals surface area contributed by atoms with Crippen molar-refractivity contribution in [3.8, 4) is 0 Å². The summed E-state index contributed by atoms with van der Waals surface area (Å²) in [4.78, 5) is 10.2. The third kappa shape index (κ3) is 19.6. The van der Waals surface area contributed by atoms with E-state index in [1.165, 1.54) is 64.2 Å². The van der Waals surface area contributed by atoms with Gasteiger partial charge < -0.3 is 9.90 Å². The number of carbonyl (C=O) groups is 1. The average Bonchev–Trinajstić information content (AvgIpc) is 2.30. The van der Waals surface area contributed by atoms with Gasteiger partial charge >= 0.3 is 58.2 Å². The van der Waals surface area contributed by atoms with Crippen LogP contribution < -0.4 is 63.3 Å². The normalized spacial score (nSPS) is 10.1. The Morgan fingerprint density at radius 3 is 1.39 bits per heavy atom. The monoisotopic (exact) mass is 326 g/mol. The maximum Gasteiger partial charge on any atom is 1.00 e. The Balaban J connectivity index is 0. The minimum atomic E-state index is -0.905. The molecule has 0 atom stereocenters. The van der Waals surface area contributed by atoms with Crippen LogP contribution in [0, 0.1) is 0 Å². The second-order valence-corrected chi connectivity index (χ2v) is 5.01. The summed E-state index contributed by atoms with van der Waals surface area (Å²) in [5.41, 5.74) is 0. The molecule has 2 nitrogen and oxygen atoms in total. The SMILES string of the molecule is CCCCCCCCCCCCCCC(=O)[O-].[Rb+]. The van der Waals surface area contributed by atoms with Crippen molar-refractivity contribution < 1.29 is 68.1 Å². The molecule has 0 rings (SSSR count). The maximum atomic E-state index is 10.2. The molecule has 0 saturated heterocycles. The summed E-state index contributed by atoms with van der Waals surface area (Å²) >= 11 is 0. The first-order valence-corrected chi connectivity index (χ1v) is 7.47. The topological polar surface area (TPSA) is 40.1 Å². The molecule has 0 saturated carbocycles. The number of aliphatic carboxylic acids is 1. The quantitative estimate of drug-likeness (QED) is 0.470. The first-order chi connectivity index (χ1) is 8.27. The molecule has 3 heteroatoms. The van der Waals surface area contributed by atoms with Crippen molar-refractivity contribution in [1.29, 1.82) is 0 Å². The molecule has 0 radical (unpaired) electrons. The predicted octanol–water partition coefficient (Wildman–Crippen LogP) is 0.832. The Labute approximate surface area is 162 Å². The smallest absolute Gasteiger partial charge is 0.550 e. The van der Waals surface area contributed by atoms with E-state index in [0.717, 1.165) is 12.8 Å². The maximum absolute atomic E-state index is 10.2. The van der Waals surface area contributed by atoms with Gasteiger partial charge in [0.05, 0.1) is 0 Å². The summed E-state index contributed by atoms with van der Waals surface area (Å²) in [7, 11) is 0. The van der Waals surface area contributed by atoms with Crippen LogP contribution in [0.5, 0.6) is 0 Å². The molecule has 0 unspecified atom stereocenters. The van der Waals surface area contributed by atoms with Crippen LogP contribution in [-0.4, -0.2) is 5.97 Å². The Bertz CT molecular complexity index is 172. The van der Waals surface area contributed by atoms with Crippen LogP contribution >= 0.6 is 0 Å². The molecule has 0 aliphatic rings. The van der Waals surface area contributed by atoms with Crippen LogP contribution in [-0.2, 0) is 4.79 Å². The molecule has 18 heavy (non-hydrogen) atoms. The second-order valence-electron chi connectivity index (χ2n) is 5.01. The fraction of sp³-hybridized carbons (Fsp3) is 0.933. The van der Waals surface area contributed by atoms with Crippen molar-refractivity contribution in [2.75, 3.05) is 0 Å². The summed E-state index contributed by atoms with van der Waals surface area (Å²) in [6, 6.07) is 0. The number of carboxylic acids is 1. The number of hydrogen-bond donors (Lipinski definition) is 0. The number of carbonyl (C=O) groups excluding carboxylic acids is 1. The molecule has 0 N–H and O–H groups in total. The molecule has 0 aliphatic heterocycles. The number of hydrogen-bond acceptors (Lipinski definition) is 2. The molecule has 102 valence electrons. The van der Waals surface area contributed by atoms with E-state index in [9.17, 15) is 9.90 Å². The van der Waals surface area contributed by atoms with Crippen LogP contribution in [0.4, 0.5) is 0 Å². The second kappa shape index (κ2) is 18.3. The zero-order valence-corrected chi connectivity index (χ0v) is 17.4. The van der Waals surface area contributed by atoms with Crippen LogP contribution in [0.1, 0.15) is 90.4 Å². The van der Waals surface area contributed by atoms with Crippen molar-refractivity contribution >= 4 is 5.97 Å². The van der Waals surface area contributed by atoms with Crippen molar-refractivity contribution in [2.24, 2.45) is 0 Å². The molecule has 0 aliphatic carbocycles. The van der Waals surface area contributed by atoms with E-state index in [2.05, 4.69) is 6.92 Å². The minimum Gasteiger partial charge on any atom is -0.550 e. The van der Waals surface area contributed by atoms with Gasteiger partial charge in [0.1, 0.15) is 0 Å². The van der Waals surface area contributed by atoms with Gasteiger partial charge in [-0.3, -0.25) is 0 Å². The van der Waals surface area contributed by atoms with Crippen molar-refractivity contribution in [2.45, 2.75) is 90.4 Å². The van der Waals surface area contributed by atoms with Crippen LogP contribution in [0.25, 0.3) is 0 Å². The van der Waals surface area contributed by atoms with E-state index in [0.29, 0.717) is 0 Å². The Kier molecular flexibility index (Phi) is 21.9. The van der Waals surface area contributed by atoms with Crippen molar-refractivity contribution in [3.63, 3.8) is 0 Å². The summed E-state index contributed by atoms with van der Waals surface area (Å²) in [6.07, 6.45) is 15.5. The molecule has 0 fully saturated rings. The third-order valence-electron chi connectivity index (χ3n) is 3.23. The Morgan fingerprint density at radius 1 is 0.722 bits per heavy atom. The van der Waals surface area contributed by atoms with Crippen LogP contribution in [0.3, 0.4) is 0 Å². The van der Waals surface area contributed by atoms with Gasteiger partial charge in [0.25, 0.3) is 0 Å². The molecular formula is C15H29O2Rb. The Hall–Kier alpha value is 1.28. The van der Waals surface area contributed by atoms with E-state index >= 15 is 0 Å². The molecular weight excluding hydrogens is 298 g/mol. The van der Waals surface area contributed by atoms with Gasteiger partial charge in [0, 0.05) is 5.97 Å². The van der Waals surface area contributed by atoms with E-state index in [1.54, 1.807) is 0 Å². The largest absolute Gasteiger partial charge is 1.00 e. The fourth-order valence-electron chi connectivity index (χ4n) is 2.11.